The monoisotopic (exact) mass is 579 g/mol. The van der Waals surface area contributed by atoms with Crippen LogP contribution >= 0.6 is 23.2 Å². The predicted octanol–water partition coefficient (Wildman–Crippen LogP) is 5.09. The third kappa shape index (κ3) is 14.2. The number of carbonyl (C=O) groups is 3. The maximum absolute atomic E-state index is 12.0. The molecule has 0 aliphatic carbocycles. The molecule has 1 fully saturated rings. The number of rotatable bonds is 9. The van der Waals surface area contributed by atoms with Crippen molar-refractivity contribution in [3.63, 3.8) is 0 Å². The van der Waals surface area contributed by atoms with Crippen LogP contribution in [0.4, 0.5) is 4.79 Å². The average molecular weight is 581 g/mol. The number of ether oxygens (including phenoxy) is 2. The highest BCUT2D eigenvalue weighted by Gasteiger charge is 2.20. The van der Waals surface area contributed by atoms with Crippen molar-refractivity contribution >= 4 is 41.2 Å². The van der Waals surface area contributed by atoms with Gasteiger partial charge in [0.2, 0.25) is 5.91 Å². The molecule has 214 valence electrons. The maximum Gasteiger partial charge on any atom is 0.407 e. The van der Waals surface area contributed by atoms with E-state index in [-0.39, 0.29) is 24.5 Å². The van der Waals surface area contributed by atoms with E-state index < -0.39 is 11.7 Å². The van der Waals surface area contributed by atoms with Crippen molar-refractivity contribution < 1.29 is 23.9 Å². The summed E-state index contributed by atoms with van der Waals surface area (Å²) in [5.41, 5.74) is 1.67. The zero-order valence-corrected chi connectivity index (χ0v) is 24.5. The van der Waals surface area contributed by atoms with Crippen LogP contribution in [0.15, 0.2) is 48.5 Å². The molecule has 39 heavy (non-hydrogen) atoms. The topological polar surface area (TPSA) is 106 Å². The molecule has 1 aliphatic rings. The zero-order chi connectivity index (χ0) is 28.8. The van der Waals surface area contributed by atoms with Crippen LogP contribution < -0.4 is 16.0 Å². The lowest BCUT2D eigenvalue weighted by molar-refractivity contribution is -0.139. The highest BCUT2D eigenvalue weighted by Crippen LogP contribution is 2.16. The lowest BCUT2D eigenvalue weighted by Crippen LogP contribution is -2.46. The summed E-state index contributed by atoms with van der Waals surface area (Å²) >= 11 is 11.7. The Hall–Kier alpha value is -2.81. The summed E-state index contributed by atoms with van der Waals surface area (Å²) in [4.78, 5) is 34.4. The van der Waals surface area contributed by atoms with E-state index in [9.17, 15) is 14.4 Å². The van der Waals surface area contributed by atoms with E-state index in [2.05, 4.69) is 20.7 Å². The number of hydrogen-bond acceptors (Lipinski definition) is 6. The number of nitrogens with one attached hydrogen (secondary N) is 3. The Morgan fingerprint density at radius 2 is 1.62 bits per heavy atom. The summed E-state index contributed by atoms with van der Waals surface area (Å²) < 4.78 is 9.87. The number of benzene rings is 2. The fourth-order valence-corrected chi connectivity index (χ4v) is 4.17. The Morgan fingerprint density at radius 3 is 2.15 bits per heavy atom. The lowest BCUT2D eigenvalue weighted by Gasteiger charge is -2.24. The predicted molar refractivity (Wildman–Crippen MR) is 154 cm³/mol. The smallest absolute Gasteiger partial charge is 0.407 e. The number of esters is 1. The molecule has 3 N–H and O–H groups in total. The highest BCUT2D eigenvalue weighted by molar-refractivity contribution is 6.30. The molecule has 1 heterocycles. The first-order valence-corrected chi connectivity index (χ1v) is 13.7. The van der Waals surface area contributed by atoms with E-state index in [0.29, 0.717) is 30.5 Å². The summed E-state index contributed by atoms with van der Waals surface area (Å²) in [5, 5.41) is 10.2. The number of halogens is 2. The van der Waals surface area contributed by atoms with Gasteiger partial charge in [0.1, 0.15) is 5.60 Å². The van der Waals surface area contributed by atoms with Crippen molar-refractivity contribution in [3.8, 4) is 0 Å². The van der Waals surface area contributed by atoms with Gasteiger partial charge in [-0.1, -0.05) is 47.5 Å². The molecule has 1 saturated heterocycles. The van der Waals surface area contributed by atoms with Gasteiger partial charge in [-0.15, -0.1) is 0 Å². The third-order valence-corrected chi connectivity index (χ3v) is 6.22. The van der Waals surface area contributed by atoms with Crippen LogP contribution in [0.5, 0.6) is 0 Å². The Balaban J connectivity index is 0.000000302. The molecule has 0 saturated carbocycles. The van der Waals surface area contributed by atoms with Crippen LogP contribution in [0.1, 0.15) is 51.2 Å². The van der Waals surface area contributed by atoms with Gasteiger partial charge < -0.3 is 25.4 Å². The second-order valence-electron chi connectivity index (χ2n) is 10.4. The normalized spacial score (nSPS) is 15.7. The van der Waals surface area contributed by atoms with Crippen molar-refractivity contribution in [2.24, 2.45) is 0 Å². The molecule has 10 heteroatoms. The quantitative estimate of drug-likeness (QED) is 0.357. The fraction of sp³-hybridized carbons (Fsp3) is 0.483. The van der Waals surface area contributed by atoms with E-state index in [1.807, 2.05) is 36.4 Å². The van der Waals surface area contributed by atoms with Crippen molar-refractivity contribution in [1.82, 2.24) is 16.0 Å². The van der Waals surface area contributed by atoms with E-state index in [1.54, 1.807) is 32.9 Å². The average Bonchev–Trinajstić information content (AvgIpc) is 2.86. The zero-order valence-electron chi connectivity index (χ0n) is 23.0. The SMILES string of the molecule is COC(=O)CNCC(Cc1ccc(Cl)cc1)NC(=O)OC(C)(C)C.O=C1CCCC(Cc2ccc(Cl)cc2)N1. The van der Waals surface area contributed by atoms with Gasteiger partial charge in [-0.2, -0.15) is 0 Å². The molecular weight excluding hydrogens is 541 g/mol. The van der Waals surface area contributed by atoms with E-state index in [4.69, 9.17) is 27.9 Å². The summed E-state index contributed by atoms with van der Waals surface area (Å²) in [6, 6.07) is 15.2. The van der Waals surface area contributed by atoms with Crippen LogP contribution in [0.25, 0.3) is 0 Å². The number of methoxy groups -OCH3 is 1. The second kappa shape index (κ2) is 16.3. The molecule has 3 rings (SSSR count). The van der Waals surface area contributed by atoms with Gasteiger partial charge >= 0.3 is 12.1 Å². The largest absolute Gasteiger partial charge is 0.468 e. The van der Waals surface area contributed by atoms with Crippen LogP contribution in [0.2, 0.25) is 10.0 Å². The summed E-state index contributed by atoms with van der Waals surface area (Å²) in [5.74, 6) is -0.183. The van der Waals surface area contributed by atoms with E-state index in [1.165, 1.54) is 12.7 Å². The molecule has 0 radical (unpaired) electrons. The Kier molecular flexibility index (Phi) is 13.6. The summed E-state index contributed by atoms with van der Waals surface area (Å²) in [7, 11) is 1.33. The van der Waals surface area contributed by atoms with Gasteiger partial charge in [-0.05, 0) is 81.8 Å². The highest BCUT2D eigenvalue weighted by atomic mass is 35.5. The van der Waals surface area contributed by atoms with E-state index >= 15 is 0 Å². The number of amides is 2. The van der Waals surface area contributed by atoms with Crippen LogP contribution in [-0.2, 0) is 31.9 Å². The van der Waals surface area contributed by atoms with Crippen LogP contribution in [-0.4, -0.2) is 55.9 Å². The first kappa shape index (κ1) is 32.4. The first-order chi connectivity index (χ1) is 18.4. The molecule has 2 aromatic rings. The Bertz CT molecular complexity index is 1060. The van der Waals surface area contributed by atoms with Crippen molar-refractivity contribution in [1.29, 1.82) is 0 Å². The molecule has 1 aliphatic heterocycles. The summed E-state index contributed by atoms with van der Waals surface area (Å²) in [6.07, 6.45) is 3.74. The second-order valence-corrected chi connectivity index (χ2v) is 11.2. The van der Waals surface area contributed by atoms with Gasteiger partial charge in [0.25, 0.3) is 0 Å². The standard InChI is InChI=1S/C17H25ClN2O4.C12H14ClNO/c1-17(2,3)24-16(22)20-14(10-19-11-15(21)23-4)9-12-5-7-13(18)8-6-12;13-10-6-4-9(5-7-10)8-11-2-1-3-12(15)14-11/h5-8,14,19H,9-11H2,1-4H3,(H,20,22);4-7,11H,1-3,8H2,(H,14,15). The van der Waals surface area contributed by atoms with Crippen molar-refractivity contribution in [2.75, 3.05) is 20.2 Å². The Morgan fingerprint density at radius 1 is 1.03 bits per heavy atom. The molecule has 0 spiro atoms. The van der Waals surface area contributed by atoms with Gasteiger partial charge in [0.15, 0.2) is 0 Å². The molecule has 0 aromatic heterocycles. The lowest BCUT2D eigenvalue weighted by atomic mass is 9.97. The summed E-state index contributed by atoms with van der Waals surface area (Å²) in [6.45, 7) is 5.88. The van der Waals surface area contributed by atoms with Crippen molar-refractivity contribution in [3.05, 3.63) is 69.7 Å². The molecule has 0 bridgehead atoms. The molecule has 8 nitrogen and oxygen atoms in total. The minimum Gasteiger partial charge on any atom is -0.468 e. The number of carbonyl (C=O) groups excluding carboxylic acids is 3. The number of alkyl carbamates (subject to hydrolysis) is 1. The number of hydrogen-bond donors (Lipinski definition) is 3. The van der Waals surface area contributed by atoms with Gasteiger partial charge in [-0.3, -0.25) is 9.59 Å². The maximum atomic E-state index is 12.0. The fourth-order valence-electron chi connectivity index (χ4n) is 3.91. The number of piperidine rings is 1. The first-order valence-electron chi connectivity index (χ1n) is 13.0. The Labute approximate surface area is 241 Å². The van der Waals surface area contributed by atoms with E-state index in [0.717, 1.165) is 29.8 Å². The minimum absolute atomic E-state index is 0.0730. The van der Waals surface area contributed by atoms with Crippen molar-refractivity contribution in [2.45, 2.75) is 70.6 Å². The van der Waals surface area contributed by atoms with Crippen LogP contribution in [0, 0.1) is 0 Å². The third-order valence-electron chi connectivity index (χ3n) is 5.72. The molecule has 2 unspecified atom stereocenters. The van der Waals surface area contributed by atoms with Gasteiger partial charge in [0, 0.05) is 35.1 Å². The van der Waals surface area contributed by atoms with Gasteiger partial charge in [-0.25, -0.2) is 4.79 Å². The molecular formula is C29H39Cl2N3O5. The molecule has 2 aromatic carbocycles. The van der Waals surface area contributed by atoms with Crippen LogP contribution in [0.3, 0.4) is 0 Å². The van der Waals surface area contributed by atoms with Gasteiger partial charge in [0.05, 0.1) is 13.7 Å². The molecule has 2 atom stereocenters. The molecule has 2 amide bonds. The minimum atomic E-state index is -0.575.